The quantitative estimate of drug-likeness (QED) is 0.652. The molecule has 0 bridgehead atoms. The van der Waals surface area contributed by atoms with Gasteiger partial charge in [-0.3, -0.25) is 4.79 Å². The Balaban J connectivity index is 6.07. The number of alkyl halides is 10. The van der Waals surface area contributed by atoms with Crippen LogP contribution in [0.2, 0.25) is 0 Å². The molecule has 11 heteroatoms. The highest BCUT2D eigenvalue weighted by atomic mass is 19.4. The fourth-order valence-corrected chi connectivity index (χ4v) is 1.78. The topological polar surface area (TPSA) is 17.1 Å². The highest BCUT2D eigenvalue weighted by Crippen LogP contribution is 2.56. The lowest BCUT2D eigenvalue weighted by Gasteiger charge is -2.42. The van der Waals surface area contributed by atoms with Gasteiger partial charge in [0.05, 0.1) is 10.8 Å². The zero-order chi connectivity index (χ0) is 18.6. The number of halogens is 10. The highest BCUT2D eigenvalue weighted by Gasteiger charge is 2.75. The highest BCUT2D eigenvalue weighted by molar-refractivity contribution is 5.91. The molecule has 0 unspecified atom stereocenters. The summed E-state index contributed by atoms with van der Waals surface area (Å²) in [6.07, 6.45) is -12.6. The van der Waals surface area contributed by atoms with Crippen molar-refractivity contribution in [2.75, 3.05) is 0 Å². The lowest BCUT2D eigenvalue weighted by molar-refractivity contribution is -0.330. The lowest BCUT2D eigenvalue weighted by Crippen LogP contribution is -2.61. The minimum atomic E-state index is -6.30. The first kappa shape index (κ1) is 21.0. The standard InChI is InChI=1S/C11H12F10O/c1-6(2,8(12,13)10(16,17)18)5(22)7(3,4)9(14,15)11(19,20)21/h1-4H3. The van der Waals surface area contributed by atoms with Crippen molar-refractivity contribution < 1.29 is 48.7 Å². The van der Waals surface area contributed by atoms with Crippen molar-refractivity contribution in [3.63, 3.8) is 0 Å². The van der Waals surface area contributed by atoms with Gasteiger partial charge in [-0.05, 0) is 27.7 Å². The van der Waals surface area contributed by atoms with Gasteiger partial charge in [0, 0.05) is 0 Å². The Morgan fingerprint density at radius 2 is 0.727 bits per heavy atom. The number of hydrogen-bond donors (Lipinski definition) is 0. The van der Waals surface area contributed by atoms with Crippen LogP contribution in [0.4, 0.5) is 43.9 Å². The van der Waals surface area contributed by atoms with Gasteiger partial charge < -0.3 is 0 Å². The van der Waals surface area contributed by atoms with Crippen molar-refractivity contribution in [1.29, 1.82) is 0 Å². The molecule has 0 saturated heterocycles. The third kappa shape index (κ3) is 2.78. The minimum Gasteiger partial charge on any atom is -0.298 e. The van der Waals surface area contributed by atoms with Gasteiger partial charge in [-0.2, -0.15) is 43.9 Å². The van der Waals surface area contributed by atoms with Crippen molar-refractivity contribution in [3.8, 4) is 0 Å². The van der Waals surface area contributed by atoms with Gasteiger partial charge in [0.15, 0.2) is 5.78 Å². The minimum absolute atomic E-state index is 0.0307. The van der Waals surface area contributed by atoms with Gasteiger partial charge in [-0.15, -0.1) is 0 Å². The van der Waals surface area contributed by atoms with E-state index >= 15 is 0 Å². The van der Waals surface area contributed by atoms with Crippen LogP contribution >= 0.6 is 0 Å². The fraction of sp³-hybridized carbons (Fsp3) is 0.909. The molecule has 0 aromatic rings. The molecule has 0 aliphatic carbocycles. The average molecular weight is 350 g/mol. The molecular weight excluding hydrogens is 338 g/mol. The SMILES string of the molecule is CC(C)(C(=O)C(C)(C)C(F)(F)C(F)(F)F)C(F)(F)C(F)(F)F. The second kappa shape index (κ2) is 4.98. The molecule has 0 heterocycles. The Labute approximate surface area is 118 Å². The number of carbonyl (C=O) groups excluding carboxylic acids is 1. The molecule has 0 aliphatic heterocycles. The van der Waals surface area contributed by atoms with E-state index in [-0.39, 0.29) is 27.7 Å². The molecule has 0 aliphatic rings. The molecule has 0 fully saturated rings. The first-order chi connectivity index (χ1) is 9.15. The predicted molar refractivity (Wildman–Crippen MR) is 54.6 cm³/mol. The number of Topliss-reactive ketones (excluding diaryl/α,β-unsaturated/α-hetero) is 1. The van der Waals surface area contributed by atoms with E-state index in [4.69, 9.17) is 0 Å². The predicted octanol–water partition coefficient (Wildman–Crippen LogP) is 5.00. The number of hydrogen-bond acceptors (Lipinski definition) is 1. The van der Waals surface area contributed by atoms with Crippen LogP contribution in [0.5, 0.6) is 0 Å². The van der Waals surface area contributed by atoms with Crippen molar-refractivity contribution in [3.05, 3.63) is 0 Å². The Morgan fingerprint density at radius 3 is 0.864 bits per heavy atom. The summed E-state index contributed by atoms with van der Waals surface area (Å²) in [5.41, 5.74) is -7.66. The molecule has 0 amide bonds. The van der Waals surface area contributed by atoms with Gasteiger partial charge in [-0.25, -0.2) is 0 Å². The Hall–Kier alpha value is -1.03. The van der Waals surface area contributed by atoms with Crippen LogP contribution in [-0.2, 0) is 4.79 Å². The largest absolute Gasteiger partial charge is 0.454 e. The maximum Gasteiger partial charge on any atom is 0.454 e. The van der Waals surface area contributed by atoms with Crippen molar-refractivity contribution in [1.82, 2.24) is 0 Å². The molecule has 0 saturated carbocycles. The molecule has 1 nitrogen and oxygen atoms in total. The molecule has 22 heavy (non-hydrogen) atoms. The Kier molecular flexibility index (Phi) is 4.75. The molecule has 0 spiro atoms. The van der Waals surface area contributed by atoms with E-state index in [1.807, 2.05) is 0 Å². The summed E-state index contributed by atoms with van der Waals surface area (Å²) in [4.78, 5) is 11.7. The number of ketones is 1. The van der Waals surface area contributed by atoms with Crippen LogP contribution in [0.3, 0.4) is 0 Å². The summed E-state index contributed by atoms with van der Waals surface area (Å²) in [6.45, 7) is -0.123. The first-order valence-corrected chi connectivity index (χ1v) is 5.59. The van der Waals surface area contributed by atoms with E-state index in [0.717, 1.165) is 0 Å². The zero-order valence-corrected chi connectivity index (χ0v) is 11.7. The maximum absolute atomic E-state index is 13.3. The summed E-state index contributed by atoms with van der Waals surface area (Å²) < 4.78 is 127. The second-order valence-electron chi connectivity index (χ2n) is 5.72. The van der Waals surface area contributed by atoms with Crippen LogP contribution in [0.15, 0.2) is 0 Å². The van der Waals surface area contributed by atoms with E-state index in [0.29, 0.717) is 0 Å². The molecule has 0 rings (SSSR count). The molecule has 0 radical (unpaired) electrons. The van der Waals surface area contributed by atoms with Gasteiger partial charge in [0.25, 0.3) is 0 Å². The van der Waals surface area contributed by atoms with Crippen molar-refractivity contribution in [2.45, 2.75) is 51.9 Å². The fourth-order valence-electron chi connectivity index (χ4n) is 1.78. The van der Waals surface area contributed by atoms with E-state index < -0.39 is 40.8 Å². The van der Waals surface area contributed by atoms with E-state index in [9.17, 15) is 48.7 Å². The van der Waals surface area contributed by atoms with Crippen LogP contribution < -0.4 is 0 Å². The van der Waals surface area contributed by atoms with Crippen molar-refractivity contribution >= 4 is 5.78 Å². The third-order valence-electron chi connectivity index (χ3n) is 3.42. The molecule has 0 aromatic heterocycles. The number of carbonyl (C=O) groups is 1. The summed E-state index contributed by atoms with van der Waals surface area (Å²) >= 11 is 0. The van der Waals surface area contributed by atoms with Crippen molar-refractivity contribution in [2.24, 2.45) is 10.8 Å². The van der Waals surface area contributed by atoms with Crippen LogP contribution in [0.25, 0.3) is 0 Å². The summed E-state index contributed by atoms with van der Waals surface area (Å²) in [5.74, 6) is -14.2. The molecule has 0 aromatic carbocycles. The molecule has 0 atom stereocenters. The zero-order valence-electron chi connectivity index (χ0n) is 11.7. The second-order valence-corrected chi connectivity index (χ2v) is 5.72. The van der Waals surface area contributed by atoms with E-state index in [1.165, 1.54) is 0 Å². The van der Waals surface area contributed by atoms with Gasteiger partial charge >= 0.3 is 24.2 Å². The van der Waals surface area contributed by atoms with Crippen LogP contribution in [0, 0.1) is 10.8 Å². The van der Waals surface area contributed by atoms with Gasteiger partial charge in [-0.1, -0.05) is 0 Å². The van der Waals surface area contributed by atoms with E-state index in [2.05, 4.69) is 0 Å². The lowest BCUT2D eigenvalue weighted by atomic mass is 9.67. The average Bonchev–Trinajstić information content (AvgIpc) is 2.24. The first-order valence-electron chi connectivity index (χ1n) is 5.59. The van der Waals surface area contributed by atoms with Gasteiger partial charge in [0.1, 0.15) is 0 Å². The third-order valence-corrected chi connectivity index (χ3v) is 3.42. The van der Waals surface area contributed by atoms with Gasteiger partial charge in [0.2, 0.25) is 0 Å². The Morgan fingerprint density at radius 1 is 0.545 bits per heavy atom. The molecular formula is C11H12F10O. The summed E-state index contributed by atoms with van der Waals surface area (Å²) in [7, 11) is 0. The molecule has 0 N–H and O–H groups in total. The summed E-state index contributed by atoms with van der Waals surface area (Å²) in [6, 6.07) is 0. The molecule has 132 valence electrons. The number of rotatable bonds is 4. The van der Waals surface area contributed by atoms with E-state index in [1.54, 1.807) is 0 Å². The maximum atomic E-state index is 13.3. The van der Waals surface area contributed by atoms with Crippen LogP contribution in [-0.4, -0.2) is 30.0 Å². The summed E-state index contributed by atoms with van der Waals surface area (Å²) in [5, 5.41) is 0. The normalized spacial score (nSPS) is 15.9. The monoisotopic (exact) mass is 350 g/mol. The Bertz CT molecular complexity index is 401. The van der Waals surface area contributed by atoms with Crippen LogP contribution in [0.1, 0.15) is 27.7 Å². The smallest absolute Gasteiger partial charge is 0.298 e.